The molecule has 1 aliphatic heterocycles. The van der Waals surface area contributed by atoms with E-state index in [2.05, 4.69) is 26.1 Å². The van der Waals surface area contributed by atoms with Crippen LogP contribution in [0.5, 0.6) is 11.5 Å². The Kier molecular flexibility index (Phi) is 8.16. The summed E-state index contributed by atoms with van der Waals surface area (Å²) in [5.74, 6) is 0.825. The van der Waals surface area contributed by atoms with Crippen LogP contribution in [0.25, 0.3) is 0 Å². The standard InChI is InChI=1S/C30H29N7O3S/c1-39-25-14-18(12-21-16-34-30(32)36-29(21)31)13-23(28(25)40-2)24(38)10-11-37-27(20-8-9-26(41-3)33-15-20)22-7-5-4-6-19(22)17-35-37/h4-11,13-17,27H,12H2,1-3H3,(H4,31,32,34,36)/b11-10+. The molecule has 4 aromatic rings. The molecular weight excluding hydrogens is 538 g/mol. The van der Waals surface area contributed by atoms with E-state index in [4.69, 9.17) is 20.9 Å². The summed E-state index contributed by atoms with van der Waals surface area (Å²) in [6.07, 6.45) is 10.7. The van der Waals surface area contributed by atoms with E-state index in [1.54, 1.807) is 47.5 Å². The number of allylic oxidation sites excluding steroid dienone is 1. The number of methoxy groups -OCH3 is 2. The lowest BCUT2D eigenvalue weighted by atomic mass is 9.94. The fraction of sp³-hybridized carbons (Fsp3) is 0.167. The van der Waals surface area contributed by atoms with E-state index < -0.39 is 0 Å². The third kappa shape index (κ3) is 5.85. The number of nitrogens with two attached hydrogens (primary N) is 2. The summed E-state index contributed by atoms with van der Waals surface area (Å²) >= 11 is 1.58. The molecule has 0 saturated carbocycles. The van der Waals surface area contributed by atoms with Gasteiger partial charge in [0, 0.05) is 42.2 Å². The Morgan fingerprint density at radius 1 is 1.07 bits per heavy atom. The van der Waals surface area contributed by atoms with Crippen LogP contribution < -0.4 is 20.9 Å². The van der Waals surface area contributed by atoms with Crippen LogP contribution in [0, 0.1) is 0 Å². The Morgan fingerprint density at radius 3 is 2.61 bits per heavy atom. The van der Waals surface area contributed by atoms with Crippen LogP contribution in [0.3, 0.4) is 0 Å². The van der Waals surface area contributed by atoms with Crippen LogP contribution in [-0.4, -0.2) is 52.4 Å². The number of carbonyl (C=O) groups excluding carboxylic acids is 1. The molecule has 2 aromatic carbocycles. The van der Waals surface area contributed by atoms with Gasteiger partial charge in [0.05, 0.1) is 31.0 Å². The first kappa shape index (κ1) is 27.7. The molecule has 1 atom stereocenters. The lowest BCUT2D eigenvalue weighted by Crippen LogP contribution is -2.25. The lowest BCUT2D eigenvalue weighted by Gasteiger charge is -2.31. The van der Waals surface area contributed by atoms with Gasteiger partial charge in [0.15, 0.2) is 17.3 Å². The summed E-state index contributed by atoms with van der Waals surface area (Å²) in [6, 6.07) is 15.3. The number of anilines is 2. The zero-order valence-electron chi connectivity index (χ0n) is 22.8. The largest absolute Gasteiger partial charge is 0.493 e. The van der Waals surface area contributed by atoms with Gasteiger partial charge in [-0.15, -0.1) is 11.8 Å². The molecule has 1 aliphatic rings. The second-order valence-electron chi connectivity index (χ2n) is 9.16. The molecule has 11 heteroatoms. The molecule has 0 aliphatic carbocycles. The number of benzene rings is 2. The van der Waals surface area contributed by atoms with E-state index in [0.29, 0.717) is 29.0 Å². The highest BCUT2D eigenvalue weighted by Crippen LogP contribution is 2.36. The van der Waals surface area contributed by atoms with Gasteiger partial charge >= 0.3 is 0 Å². The number of ketones is 1. The molecule has 41 heavy (non-hydrogen) atoms. The fourth-order valence-electron chi connectivity index (χ4n) is 4.68. The number of hydrogen-bond donors (Lipinski definition) is 2. The highest BCUT2D eigenvalue weighted by Gasteiger charge is 2.26. The Bertz CT molecular complexity index is 1640. The number of thioether (sulfide) groups is 1. The Morgan fingerprint density at radius 2 is 1.90 bits per heavy atom. The van der Waals surface area contributed by atoms with Crippen molar-refractivity contribution in [1.29, 1.82) is 0 Å². The molecule has 10 nitrogen and oxygen atoms in total. The summed E-state index contributed by atoms with van der Waals surface area (Å²) in [4.78, 5) is 26.3. The van der Waals surface area contributed by atoms with Gasteiger partial charge in [-0.1, -0.05) is 30.3 Å². The van der Waals surface area contributed by atoms with Crippen LogP contribution >= 0.6 is 11.8 Å². The van der Waals surface area contributed by atoms with Crippen molar-refractivity contribution in [2.75, 3.05) is 31.9 Å². The summed E-state index contributed by atoms with van der Waals surface area (Å²) < 4.78 is 11.1. The first-order valence-corrected chi connectivity index (χ1v) is 13.9. The van der Waals surface area contributed by atoms with Crippen LogP contribution in [0.15, 0.2) is 83.3 Å². The van der Waals surface area contributed by atoms with Crippen LogP contribution in [0.4, 0.5) is 11.8 Å². The van der Waals surface area contributed by atoms with Crippen LogP contribution in [0.1, 0.15) is 44.2 Å². The van der Waals surface area contributed by atoms with Crippen molar-refractivity contribution < 1.29 is 14.3 Å². The normalized spacial score (nSPS) is 14.2. The molecule has 4 N–H and O–H groups in total. The van der Waals surface area contributed by atoms with Gasteiger partial charge in [-0.25, -0.2) is 9.97 Å². The molecule has 3 heterocycles. The molecule has 0 fully saturated rings. The maximum Gasteiger partial charge on any atom is 0.221 e. The van der Waals surface area contributed by atoms with Crippen molar-refractivity contribution in [2.24, 2.45) is 5.10 Å². The average molecular weight is 568 g/mol. The summed E-state index contributed by atoms with van der Waals surface area (Å²) in [5.41, 5.74) is 16.5. The molecule has 0 amide bonds. The molecule has 0 saturated heterocycles. The zero-order valence-corrected chi connectivity index (χ0v) is 23.6. The maximum absolute atomic E-state index is 13.6. The number of carbonyl (C=O) groups is 1. The predicted octanol–water partition coefficient (Wildman–Crippen LogP) is 4.50. The molecule has 0 bridgehead atoms. The van der Waals surface area contributed by atoms with E-state index in [1.807, 2.05) is 42.8 Å². The van der Waals surface area contributed by atoms with Crippen molar-refractivity contribution in [1.82, 2.24) is 20.0 Å². The van der Waals surface area contributed by atoms with Gasteiger partial charge in [-0.05, 0) is 41.1 Å². The number of rotatable bonds is 9. The third-order valence-corrected chi connectivity index (χ3v) is 7.32. The van der Waals surface area contributed by atoms with Crippen LogP contribution in [0.2, 0.25) is 0 Å². The molecule has 1 unspecified atom stereocenters. The van der Waals surface area contributed by atoms with Crippen molar-refractivity contribution in [3.8, 4) is 11.5 Å². The predicted molar refractivity (Wildman–Crippen MR) is 160 cm³/mol. The topological polar surface area (TPSA) is 142 Å². The van der Waals surface area contributed by atoms with Gasteiger partial charge < -0.3 is 20.9 Å². The summed E-state index contributed by atoms with van der Waals surface area (Å²) in [5, 5.41) is 7.33. The van der Waals surface area contributed by atoms with E-state index in [1.165, 1.54) is 20.3 Å². The van der Waals surface area contributed by atoms with Gasteiger partial charge in [0.2, 0.25) is 5.95 Å². The van der Waals surface area contributed by atoms with E-state index in [-0.39, 0.29) is 23.6 Å². The number of fused-ring (bicyclic) bond motifs is 1. The fourth-order valence-corrected chi connectivity index (χ4v) is 5.04. The Hall–Kier alpha value is -4.90. The van der Waals surface area contributed by atoms with Crippen molar-refractivity contribution >= 4 is 35.5 Å². The second-order valence-corrected chi connectivity index (χ2v) is 9.99. The number of aromatic nitrogens is 3. The first-order valence-electron chi connectivity index (χ1n) is 12.7. The average Bonchev–Trinajstić information content (AvgIpc) is 3.00. The van der Waals surface area contributed by atoms with Crippen LogP contribution in [-0.2, 0) is 6.42 Å². The minimum absolute atomic E-state index is 0.0943. The van der Waals surface area contributed by atoms with Gasteiger partial charge in [-0.2, -0.15) is 10.1 Å². The Labute approximate surface area is 242 Å². The third-order valence-electron chi connectivity index (χ3n) is 6.66. The minimum atomic E-state index is -0.285. The second kappa shape index (κ2) is 12.1. The lowest BCUT2D eigenvalue weighted by molar-refractivity contribution is 0.104. The zero-order chi connectivity index (χ0) is 28.9. The number of ether oxygens (including phenoxy) is 2. The smallest absolute Gasteiger partial charge is 0.221 e. The maximum atomic E-state index is 13.6. The minimum Gasteiger partial charge on any atom is -0.493 e. The van der Waals surface area contributed by atoms with Crippen molar-refractivity contribution in [2.45, 2.75) is 17.5 Å². The monoisotopic (exact) mass is 567 g/mol. The van der Waals surface area contributed by atoms with Crippen molar-refractivity contribution in [3.63, 3.8) is 0 Å². The van der Waals surface area contributed by atoms with Crippen molar-refractivity contribution in [3.05, 3.63) is 107 Å². The van der Waals surface area contributed by atoms with E-state index in [0.717, 1.165) is 27.3 Å². The number of nitrogen functional groups attached to an aromatic ring is 2. The Balaban J connectivity index is 1.49. The highest BCUT2D eigenvalue weighted by atomic mass is 32.2. The summed E-state index contributed by atoms with van der Waals surface area (Å²) in [6.45, 7) is 0. The van der Waals surface area contributed by atoms with Gasteiger partial charge in [0.1, 0.15) is 11.9 Å². The molecule has 2 aromatic heterocycles. The number of pyridine rings is 1. The molecule has 0 radical (unpaired) electrons. The SMILES string of the molecule is COc1cc(Cc2cnc(N)nc2N)cc(C(=O)/C=C/N2N=Cc3ccccc3C2c2ccc(SC)nc2)c1OC. The van der Waals surface area contributed by atoms with Gasteiger partial charge in [0.25, 0.3) is 0 Å². The molecular formula is C30H29N7O3S. The van der Waals surface area contributed by atoms with E-state index in [9.17, 15) is 4.79 Å². The molecule has 5 rings (SSSR count). The summed E-state index contributed by atoms with van der Waals surface area (Å²) in [7, 11) is 3.02. The highest BCUT2D eigenvalue weighted by molar-refractivity contribution is 7.98. The van der Waals surface area contributed by atoms with Gasteiger partial charge in [-0.3, -0.25) is 9.80 Å². The number of hydrogen-bond acceptors (Lipinski definition) is 11. The van der Waals surface area contributed by atoms with E-state index >= 15 is 0 Å². The first-order chi connectivity index (χ1) is 19.9. The molecule has 208 valence electrons. The quantitative estimate of drug-likeness (QED) is 0.169. The number of hydrazone groups is 1. The number of nitrogens with zero attached hydrogens (tertiary/aromatic N) is 5. The molecule has 0 spiro atoms.